The van der Waals surface area contributed by atoms with Gasteiger partial charge in [0.15, 0.2) is 0 Å². The Morgan fingerprint density at radius 1 is 0.737 bits per heavy atom. The van der Waals surface area contributed by atoms with Gasteiger partial charge in [0.1, 0.15) is 0 Å². The van der Waals surface area contributed by atoms with Gasteiger partial charge in [-0.1, -0.05) is 33.1 Å². The summed E-state index contributed by atoms with van der Waals surface area (Å²) in [5.74, 6) is 6.63. The lowest BCUT2D eigenvalue weighted by Gasteiger charge is -2.58. The molecule has 108 valence electrons. The van der Waals surface area contributed by atoms with Crippen LogP contribution in [0, 0.1) is 40.9 Å². The third kappa shape index (κ3) is 1.77. The molecule has 4 rings (SSSR count). The Bertz CT molecular complexity index is 346. The summed E-state index contributed by atoms with van der Waals surface area (Å²) < 4.78 is 0. The Morgan fingerprint density at radius 2 is 1.53 bits per heavy atom. The Balaban J connectivity index is 1.61. The Hall–Kier alpha value is 0. The quantitative estimate of drug-likeness (QED) is 0.527. The molecule has 0 aromatic heterocycles. The van der Waals surface area contributed by atoms with Crippen molar-refractivity contribution in [1.82, 2.24) is 0 Å². The highest BCUT2D eigenvalue weighted by Crippen LogP contribution is 2.63. The van der Waals surface area contributed by atoms with E-state index in [1.807, 2.05) is 0 Å². The zero-order chi connectivity index (χ0) is 13.0. The summed E-state index contributed by atoms with van der Waals surface area (Å²) in [7, 11) is 0. The van der Waals surface area contributed by atoms with E-state index in [0.29, 0.717) is 0 Å². The van der Waals surface area contributed by atoms with Crippen molar-refractivity contribution in [3.63, 3.8) is 0 Å². The predicted molar refractivity (Wildman–Crippen MR) is 80.9 cm³/mol. The molecule has 0 aromatic rings. The molecule has 0 spiro atoms. The fourth-order valence-electron chi connectivity index (χ4n) is 7.24. The average molecular weight is 260 g/mol. The molecule has 19 heavy (non-hydrogen) atoms. The molecule has 0 heteroatoms. The van der Waals surface area contributed by atoms with Gasteiger partial charge in [0.25, 0.3) is 0 Å². The topological polar surface area (TPSA) is 0 Å². The molecular weight excluding hydrogens is 228 g/mol. The van der Waals surface area contributed by atoms with Crippen molar-refractivity contribution in [2.75, 3.05) is 0 Å². The molecule has 4 fully saturated rings. The van der Waals surface area contributed by atoms with Gasteiger partial charge in [-0.2, -0.15) is 0 Å². The van der Waals surface area contributed by atoms with Gasteiger partial charge in [-0.3, -0.25) is 0 Å². The van der Waals surface area contributed by atoms with Gasteiger partial charge in [0.2, 0.25) is 0 Å². The molecule has 7 atom stereocenters. The Kier molecular flexibility index (Phi) is 3.01. The van der Waals surface area contributed by atoms with Gasteiger partial charge in [0, 0.05) is 0 Å². The van der Waals surface area contributed by atoms with Crippen LogP contribution in [0.3, 0.4) is 0 Å². The van der Waals surface area contributed by atoms with Crippen molar-refractivity contribution in [3.05, 3.63) is 0 Å². The van der Waals surface area contributed by atoms with E-state index in [9.17, 15) is 0 Å². The van der Waals surface area contributed by atoms with Crippen LogP contribution in [0.2, 0.25) is 0 Å². The molecule has 4 aliphatic rings. The smallest absolute Gasteiger partial charge is 0.0266 e. The molecule has 4 saturated carbocycles. The normalized spacial score (nSPS) is 57.2. The molecular formula is C19H32. The van der Waals surface area contributed by atoms with E-state index in [-0.39, 0.29) is 0 Å². The molecule has 0 bridgehead atoms. The van der Waals surface area contributed by atoms with Crippen LogP contribution in [-0.4, -0.2) is 0 Å². The lowest BCUT2D eigenvalue weighted by Crippen LogP contribution is -2.50. The molecule has 0 nitrogen and oxygen atoms in total. The summed E-state index contributed by atoms with van der Waals surface area (Å²) in [5.41, 5.74) is 0.748. The zero-order valence-corrected chi connectivity index (χ0v) is 13.0. The largest absolute Gasteiger partial charge is 0.0622 e. The van der Waals surface area contributed by atoms with Crippen molar-refractivity contribution in [2.24, 2.45) is 40.9 Å². The summed E-state index contributed by atoms with van der Waals surface area (Å²) in [6.45, 7) is 5.24. The van der Waals surface area contributed by atoms with Crippen molar-refractivity contribution in [3.8, 4) is 0 Å². The van der Waals surface area contributed by atoms with Crippen LogP contribution in [0.5, 0.6) is 0 Å². The van der Waals surface area contributed by atoms with Gasteiger partial charge in [0.05, 0.1) is 0 Å². The lowest BCUT2D eigenvalue weighted by molar-refractivity contribution is -0.0863. The highest BCUT2D eigenvalue weighted by Gasteiger charge is 2.54. The SMILES string of the molecule is C[C@H]1CC[C@@H]2[C@H]1CC[C@H]1[C@H]2CC[C@@H]2CCCC[C@@]21C. The van der Waals surface area contributed by atoms with Crippen LogP contribution in [-0.2, 0) is 0 Å². The van der Waals surface area contributed by atoms with E-state index in [1.54, 1.807) is 51.4 Å². The third-order valence-corrected chi connectivity index (χ3v) is 8.26. The summed E-state index contributed by atoms with van der Waals surface area (Å²) >= 11 is 0. The predicted octanol–water partition coefficient (Wildman–Crippen LogP) is 5.67. The third-order valence-electron chi connectivity index (χ3n) is 8.26. The lowest BCUT2D eigenvalue weighted by atomic mass is 9.47. The van der Waals surface area contributed by atoms with E-state index in [4.69, 9.17) is 0 Å². The maximum Gasteiger partial charge on any atom is -0.0266 e. The first kappa shape index (κ1) is 12.7. The van der Waals surface area contributed by atoms with Crippen molar-refractivity contribution in [2.45, 2.75) is 78.1 Å². The molecule has 4 aliphatic carbocycles. The fraction of sp³-hybridized carbons (Fsp3) is 1.00. The van der Waals surface area contributed by atoms with E-state index < -0.39 is 0 Å². The van der Waals surface area contributed by atoms with Crippen LogP contribution < -0.4 is 0 Å². The highest BCUT2D eigenvalue weighted by molar-refractivity contribution is 5.04. The van der Waals surface area contributed by atoms with Crippen LogP contribution in [0.25, 0.3) is 0 Å². The molecule has 0 N–H and O–H groups in total. The van der Waals surface area contributed by atoms with Crippen molar-refractivity contribution < 1.29 is 0 Å². The van der Waals surface area contributed by atoms with Crippen LogP contribution in [0.1, 0.15) is 78.1 Å². The summed E-state index contributed by atoms with van der Waals surface area (Å²) in [5, 5.41) is 0. The minimum absolute atomic E-state index is 0.748. The minimum atomic E-state index is 0.748. The molecule has 0 aromatic carbocycles. The van der Waals surface area contributed by atoms with Gasteiger partial charge < -0.3 is 0 Å². The monoisotopic (exact) mass is 260 g/mol. The number of hydrogen-bond acceptors (Lipinski definition) is 0. The molecule has 0 aliphatic heterocycles. The first-order valence-electron chi connectivity index (χ1n) is 9.20. The molecule has 0 unspecified atom stereocenters. The van der Waals surface area contributed by atoms with E-state index >= 15 is 0 Å². The fourth-order valence-corrected chi connectivity index (χ4v) is 7.24. The average Bonchev–Trinajstić information content (AvgIpc) is 2.80. The summed E-state index contributed by atoms with van der Waals surface area (Å²) in [4.78, 5) is 0. The van der Waals surface area contributed by atoms with Crippen LogP contribution in [0.4, 0.5) is 0 Å². The minimum Gasteiger partial charge on any atom is -0.0622 e. The Morgan fingerprint density at radius 3 is 2.42 bits per heavy atom. The van der Waals surface area contributed by atoms with Crippen LogP contribution in [0.15, 0.2) is 0 Å². The molecule has 0 heterocycles. The first-order valence-corrected chi connectivity index (χ1v) is 9.20. The zero-order valence-electron chi connectivity index (χ0n) is 13.0. The van der Waals surface area contributed by atoms with Gasteiger partial charge in [-0.25, -0.2) is 0 Å². The van der Waals surface area contributed by atoms with Gasteiger partial charge in [-0.05, 0) is 85.9 Å². The van der Waals surface area contributed by atoms with E-state index in [1.165, 1.54) is 12.8 Å². The molecule has 0 amide bonds. The van der Waals surface area contributed by atoms with Crippen molar-refractivity contribution >= 4 is 0 Å². The van der Waals surface area contributed by atoms with Crippen LogP contribution >= 0.6 is 0 Å². The van der Waals surface area contributed by atoms with Gasteiger partial charge >= 0.3 is 0 Å². The Labute approximate surface area is 119 Å². The molecule has 0 saturated heterocycles. The van der Waals surface area contributed by atoms with E-state index in [0.717, 1.165) is 40.9 Å². The first-order chi connectivity index (χ1) is 9.20. The summed E-state index contributed by atoms with van der Waals surface area (Å²) in [6, 6.07) is 0. The number of fused-ring (bicyclic) bond motifs is 5. The standard InChI is InChI=1S/C19H32/c1-13-6-8-16-15(13)10-11-18-17(16)9-7-14-5-3-4-12-19(14,18)2/h13-18H,3-12H2,1-2H3/t13-,14-,15-,16+,17-,18-,19-/m0/s1. The number of rotatable bonds is 0. The highest BCUT2D eigenvalue weighted by atomic mass is 14.6. The maximum atomic E-state index is 2.70. The second-order valence-electron chi connectivity index (χ2n) is 8.76. The molecule has 0 radical (unpaired) electrons. The van der Waals surface area contributed by atoms with Crippen molar-refractivity contribution in [1.29, 1.82) is 0 Å². The van der Waals surface area contributed by atoms with E-state index in [2.05, 4.69) is 13.8 Å². The summed E-state index contributed by atoms with van der Waals surface area (Å²) in [6.07, 6.45) is 15.6. The maximum absolute atomic E-state index is 2.70. The number of hydrogen-bond donors (Lipinski definition) is 0. The second-order valence-corrected chi connectivity index (χ2v) is 8.76. The van der Waals surface area contributed by atoms with Gasteiger partial charge in [-0.15, -0.1) is 0 Å². The second kappa shape index (κ2) is 4.50.